The number of methoxy groups -OCH3 is 1. The molecule has 1 aliphatic rings. The molecule has 0 atom stereocenters. The number of carbonyl (C=O) groups excluding carboxylic acids is 2. The Labute approximate surface area is 161 Å². The van der Waals surface area contributed by atoms with Gasteiger partial charge in [0, 0.05) is 23.9 Å². The van der Waals surface area contributed by atoms with Crippen LogP contribution in [0.1, 0.15) is 17.5 Å². The Morgan fingerprint density at radius 2 is 2.15 bits per heavy atom. The van der Waals surface area contributed by atoms with Gasteiger partial charge in [0.25, 0.3) is 5.91 Å². The molecule has 0 saturated heterocycles. The van der Waals surface area contributed by atoms with Crippen LogP contribution in [0.5, 0.6) is 11.5 Å². The number of nitrogens with zero attached hydrogens (tertiary/aromatic N) is 2. The van der Waals surface area contributed by atoms with Crippen LogP contribution in [-0.2, 0) is 22.5 Å². The van der Waals surface area contributed by atoms with E-state index in [1.165, 1.54) is 11.3 Å². The fourth-order valence-corrected chi connectivity index (χ4v) is 3.65. The third kappa shape index (κ3) is 4.88. The molecule has 0 bridgehead atoms. The van der Waals surface area contributed by atoms with Crippen LogP contribution in [0.3, 0.4) is 0 Å². The third-order valence-electron chi connectivity index (χ3n) is 3.91. The molecule has 0 radical (unpaired) electrons. The average Bonchev–Trinajstić information content (AvgIpc) is 3.08. The van der Waals surface area contributed by atoms with Crippen LogP contribution in [0.15, 0.2) is 24.3 Å². The van der Waals surface area contributed by atoms with E-state index in [-0.39, 0.29) is 18.6 Å². The van der Waals surface area contributed by atoms with Gasteiger partial charge >= 0.3 is 6.09 Å². The van der Waals surface area contributed by atoms with Gasteiger partial charge in [0.1, 0.15) is 11.5 Å². The highest BCUT2D eigenvalue weighted by atomic mass is 32.1. The number of rotatable bonds is 6. The zero-order valence-electron chi connectivity index (χ0n) is 15.2. The van der Waals surface area contributed by atoms with E-state index in [0.717, 1.165) is 10.6 Å². The number of carbonyl (C=O) groups is 2. The second kappa shape index (κ2) is 8.72. The van der Waals surface area contributed by atoms with Gasteiger partial charge in [-0.15, -0.1) is 0 Å². The minimum atomic E-state index is -0.325. The highest BCUT2D eigenvalue weighted by Gasteiger charge is 2.25. The lowest BCUT2D eigenvalue weighted by Gasteiger charge is -2.24. The first kappa shape index (κ1) is 19.0. The molecule has 2 heterocycles. The first-order chi connectivity index (χ1) is 13.1. The number of thiazole rings is 1. The fraction of sp³-hybridized carbons (Fsp3) is 0.389. The van der Waals surface area contributed by atoms with Crippen molar-refractivity contribution >= 4 is 28.5 Å². The highest BCUT2D eigenvalue weighted by Crippen LogP contribution is 2.28. The van der Waals surface area contributed by atoms with E-state index in [1.807, 2.05) is 0 Å². The molecule has 144 valence electrons. The number of aromatic nitrogens is 1. The van der Waals surface area contributed by atoms with Crippen LogP contribution in [0.2, 0.25) is 0 Å². The summed E-state index contributed by atoms with van der Waals surface area (Å²) in [6.07, 6.45) is 0.315. The lowest BCUT2D eigenvalue weighted by Crippen LogP contribution is -2.35. The third-order valence-corrected chi connectivity index (χ3v) is 4.91. The molecule has 0 unspecified atom stereocenters. The van der Waals surface area contributed by atoms with Crippen molar-refractivity contribution in [3.8, 4) is 11.5 Å². The van der Waals surface area contributed by atoms with Crippen molar-refractivity contribution in [2.75, 3.05) is 32.2 Å². The van der Waals surface area contributed by atoms with E-state index >= 15 is 0 Å². The van der Waals surface area contributed by atoms with E-state index in [1.54, 1.807) is 43.2 Å². The summed E-state index contributed by atoms with van der Waals surface area (Å²) in [4.78, 5) is 31.0. The van der Waals surface area contributed by atoms with Crippen molar-refractivity contribution in [1.82, 2.24) is 9.88 Å². The van der Waals surface area contributed by atoms with Gasteiger partial charge in [-0.05, 0) is 19.1 Å². The number of nitrogens with one attached hydrogen (secondary N) is 1. The summed E-state index contributed by atoms with van der Waals surface area (Å²) in [6, 6.07) is 7.05. The van der Waals surface area contributed by atoms with Crippen molar-refractivity contribution in [3.05, 3.63) is 34.8 Å². The lowest BCUT2D eigenvalue weighted by molar-refractivity contribution is -0.118. The molecular weight excluding hydrogens is 370 g/mol. The Morgan fingerprint density at radius 3 is 2.93 bits per heavy atom. The zero-order valence-corrected chi connectivity index (χ0v) is 16.0. The van der Waals surface area contributed by atoms with E-state index < -0.39 is 0 Å². The Morgan fingerprint density at radius 1 is 1.33 bits per heavy atom. The van der Waals surface area contributed by atoms with Gasteiger partial charge in [-0.1, -0.05) is 17.4 Å². The summed E-state index contributed by atoms with van der Waals surface area (Å²) in [5.74, 6) is 0.908. The standard InChI is InChI=1S/C18H21N3O5S/c1-3-25-18(23)21-8-7-14-15(10-21)27-17(19-14)20-16(22)11-26-13-6-4-5-12(9-13)24-2/h4-6,9H,3,7-8,10-11H2,1-2H3,(H,19,20,22). The number of anilines is 1. The SMILES string of the molecule is CCOC(=O)N1CCc2nc(NC(=O)COc3cccc(OC)c3)sc2C1. The molecule has 1 aromatic carbocycles. The Hall–Kier alpha value is -2.81. The van der Waals surface area contributed by atoms with Crippen LogP contribution >= 0.6 is 11.3 Å². The predicted octanol–water partition coefficient (Wildman–Crippen LogP) is 2.68. The fourth-order valence-electron chi connectivity index (χ4n) is 2.61. The summed E-state index contributed by atoms with van der Waals surface area (Å²) in [6.45, 7) is 3.00. The zero-order chi connectivity index (χ0) is 19.2. The molecule has 0 fully saturated rings. The first-order valence-corrected chi connectivity index (χ1v) is 9.37. The summed E-state index contributed by atoms with van der Waals surface area (Å²) < 4.78 is 15.6. The molecule has 0 aliphatic carbocycles. The van der Waals surface area contributed by atoms with Gasteiger partial charge in [0.15, 0.2) is 11.7 Å². The van der Waals surface area contributed by atoms with Crippen molar-refractivity contribution in [3.63, 3.8) is 0 Å². The number of benzene rings is 1. The number of hydrogen-bond acceptors (Lipinski definition) is 7. The summed E-state index contributed by atoms with van der Waals surface area (Å²) in [5.41, 5.74) is 0.907. The van der Waals surface area contributed by atoms with Gasteiger partial charge < -0.3 is 19.1 Å². The van der Waals surface area contributed by atoms with Crippen LogP contribution < -0.4 is 14.8 Å². The minimum Gasteiger partial charge on any atom is -0.497 e. The Bertz CT molecular complexity index is 823. The maximum absolute atomic E-state index is 12.1. The maximum atomic E-state index is 12.1. The highest BCUT2D eigenvalue weighted by molar-refractivity contribution is 7.15. The second-order valence-electron chi connectivity index (χ2n) is 5.78. The van der Waals surface area contributed by atoms with Gasteiger partial charge in [0.2, 0.25) is 0 Å². The lowest BCUT2D eigenvalue weighted by atomic mass is 10.2. The van der Waals surface area contributed by atoms with Crippen LogP contribution in [0.4, 0.5) is 9.93 Å². The van der Waals surface area contributed by atoms with Gasteiger partial charge in [-0.2, -0.15) is 0 Å². The molecule has 1 aromatic heterocycles. The molecular formula is C18H21N3O5S. The summed E-state index contributed by atoms with van der Waals surface area (Å²) in [5, 5.41) is 3.25. The molecule has 3 rings (SSSR count). The topological polar surface area (TPSA) is 90.0 Å². The van der Waals surface area contributed by atoms with Crippen molar-refractivity contribution in [2.24, 2.45) is 0 Å². The Kier molecular flexibility index (Phi) is 6.12. The number of fused-ring (bicyclic) bond motifs is 1. The van der Waals surface area contributed by atoms with Crippen molar-refractivity contribution < 1.29 is 23.8 Å². The molecule has 9 heteroatoms. The first-order valence-electron chi connectivity index (χ1n) is 8.56. The number of hydrogen-bond donors (Lipinski definition) is 1. The van der Waals surface area contributed by atoms with Crippen LogP contribution in [-0.4, -0.2) is 48.8 Å². The number of ether oxygens (including phenoxy) is 3. The van der Waals surface area contributed by atoms with Gasteiger partial charge in [-0.3, -0.25) is 10.1 Å². The Balaban J connectivity index is 1.54. The van der Waals surface area contributed by atoms with E-state index in [9.17, 15) is 9.59 Å². The van der Waals surface area contributed by atoms with Crippen LogP contribution in [0, 0.1) is 0 Å². The molecule has 0 spiro atoms. The minimum absolute atomic E-state index is 0.133. The van der Waals surface area contributed by atoms with E-state index in [4.69, 9.17) is 14.2 Å². The van der Waals surface area contributed by atoms with Gasteiger partial charge in [0.05, 0.1) is 26.0 Å². The normalized spacial score (nSPS) is 12.9. The molecule has 8 nitrogen and oxygen atoms in total. The molecule has 2 amide bonds. The molecule has 1 aliphatic heterocycles. The molecule has 2 aromatic rings. The quantitative estimate of drug-likeness (QED) is 0.814. The summed E-state index contributed by atoms with van der Waals surface area (Å²) in [7, 11) is 1.57. The maximum Gasteiger partial charge on any atom is 0.410 e. The van der Waals surface area contributed by atoms with E-state index in [0.29, 0.717) is 42.7 Å². The van der Waals surface area contributed by atoms with Gasteiger partial charge in [-0.25, -0.2) is 9.78 Å². The van der Waals surface area contributed by atoms with E-state index in [2.05, 4.69) is 10.3 Å². The second-order valence-corrected chi connectivity index (χ2v) is 6.86. The molecule has 27 heavy (non-hydrogen) atoms. The predicted molar refractivity (Wildman–Crippen MR) is 100 cm³/mol. The largest absolute Gasteiger partial charge is 0.497 e. The molecule has 1 N–H and O–H groups in total. The number of amides is 2. The monoisotopic (exact) mass is 391 g/mol. The van der Waals surface area contributed by atoms with Crippen molar-refractivity contribution in [2.45, 2.75) is 19.9 Å². The average molecular weight is 391 g/mol. The van der Waals surface area contributed by atoms with Crippen LogP contribution in [0.25, 0.3) is 0 Å². The van der Waals surface area contributed by atoms with Crippen molar-refractivity contribution in [1.29, 1.82) is 0 Å². The summed E-state index contributed by atoms with van der Waals surface area (Å²) >= 11 is 1.36. The smallest absolute Gasteiger partial charge is 0.410 e. The molecule has 0 saturated carbocycles.